The fourth-order valence-corrected chi connectivity index (χ4v) is 2.46. The van der Waals surface area contributed by atoms with E-state index in [2.05, 4.69) is 5.32 Å². The van der Waals surface area contributed by atoms with E-state index in [0.29, 0.717) is 6.42 Å². The molecule has 0 radical (unpaired) electrons. The molecule has 21 heavy (non-hydrogen) atoms. The first-order chi connectivity index (χ1) is 10.1. The summed E-state index contributed by atoms with van der Waals surface area (Å²) in [6, 6.07) is 17.7. The Balaban J connectivity index is 2.45. The average molecular weight is 283 g/mol. The van der Waals surface area contributed by atoms with Gasteiger partial charge in [0.1, 0.15) is 0 Å². The lowest BCUT2D eigenvalue weighted by molar-refractivity contribution is -0.146. The zero-order chi connectivity index (χ0) is 15.3. The van der Waals surface area contributed by atoms with Gasteiger partial charge in [-0.05, 0) is 31.0 Å². The second-order valence-corrected chi connectivity index (χ2v) is 5.11. The quantitative estimate of drug-likeness (QED) is 0.846. The number of rotatable bonds is 5. The van der Waals surface area contributed by atoms with Crippen molar-refractivity contribution in [1.29, 1.82) is 0 Å². The number of carbonyl (C=O) groups excluding carboxylic acids is 1. The molecule has 0 saturated heterocycles. The molecule has 1 atom stereocenters. The molecule has 0 aromatic heterocycles. The largest absolute Gasteiger partial charge is 0.467 e. The van der Waals surface area contributed by atoms with Crippen LogP contribution in [0, 0.1) is 6.92 Å². The predicted molar refractivity (Wildman–Crippen MR) is 85.2 cm³/mol. The molecule has 2 rings (SSSR count). The summed E-state index contributed by atoms with van der Waals surface area (Å²) in [5, 5.41) is 3.36. The molecule has 2 aromatic rings. The molecule has 0 fully saturated rings. The van der Waals surface area contributed by atoms with E-state index < -0.39 is 5.54 Å². The van der Waals surface area contributed by atoms with E-state index in [1.807, 2.05) is 68.4 Å². The van der Waals surface area contributed by atoms with Crippen LogP contribution in [0.1, 0.15) is 24.5 Å². The third-order valence-corrected chi connectivity index (χ3v) is 3.74. The maximum absolute atomic E-state index is 12.5. The highest BCUT2D eigenvalue weighted by Gasteiger charge is 2.39. The molecule has 0 aliphatic rings. The maximum atomic E-state index is 12.5. The van der Waals surface area contributed by atoms with Gasteiger partial charge in [-0.2, -0.15) is 0 Å². The average Bonchev–Trinajstić information content (AvgIpc) is 2.54. The molecule has 0 amide bonds. The Morgan fingerprint density at radius 1 is 1.10 bits per heavy atom. The van der Waals surface area contributed by atoms with Gasteiger partial charge in [-0.15, -0.1) is 0 Å². The number of ether oxygens (including phenoxy) is 1. The van der Waals surface area contributed by atoms with Crippen molar-refractivity contribution >= 4 is 11.7 Å². The van der Waals surface area contributed by atoms with Crippen molar-refractivity contribution in [2.45, 2.75) is 25.8 Å². The van der Waals surface area contributed by atoms with Crippen LogP contribution < -0.4 is 5.32 Å². The summed E-state index contributed by atoms with van der Waals surface area (Å²) in [5.41, 5.74) is 2.11. The summed E-state index contributed by atoms with van der Waals surface area (Å²) in [5.74, 6) is -0.281. The van der Waals surface area contributed by atoms with Crippen molar-refractivity contribution in [3.63, 3.8) is 0 Å². The Kier molecular flexibility index (Phi) is 4.63. The fourth-order valence-electron chi connectivity index (χ4n) is 2.46. The molecule has 0 bridgehead atoms. The normalized spacial score (nSPS) is 13.3. The van der Waals surface area contributed by atoms with E-state index in [4.69, 9.17) is 4.74 Å². The fraction of sp³-hybridized carbons (Fsp3) is 0.278. The van der Waals surface area contributed by atoms with Crippen LogP contribution in [0.15, 0.2) is 54.6 Å². The van der Waals surface area contributed by atoms with Gasteiger partial charge in [0.2, 0.25) is 0 Å². The Morgan fingerprint density at radius 2 is 1.71 bits per heavy atom. The minimum atomic E-state index is -0.870. The van der Waals surface area contributed by atoms with E-state index in [0.717, 1.165) is 11.3 Å². The second kappa shape index (κ2) is 6.44. The lowest BCUT2D eigenvalue weighted by Gasteiger charge is -2.32. The number of aryl methyl sites for hydroxylation is 1. The molecule has 0 spiro atoms. The van der Waals surface area contributed by atoms with Crippen molar-refractivity contribution in [2.75, 3.05) is 12.4 Å². The molecule has 3 heteroatoms. The summed E-state index contributed by atoms with van der Waals surface area (Å²) in [4.78, 5) is 12.5. The Morgan fingerprint density at radius 3 is 2.24 bits per heavy atom. The molecule has 0 aliphatic carbocycles. The summed E-state index contributed by atoms with van der Waals surface area (Å²) < 4.78 is 5.06. The minimum Gasteiger partial charge on any atom is -0.467 e. The Labute approximate surface area is 126 Å². The van der Waals surface area contributed by atoms with Crippen LogP contribution in [-0.2, 0) is 15.1 Å². The molecule has 3 nitrogen and oxygen atoms in total. The van der Waals surface area contributed by atoms with Gasteiger partial charge >= 0.3 is 5.97 Å². The molecule has 0 saturated carbocycles. The molecular formula is C18H21NO2. The van der Waals surface area contributed by atoms with Gasteiger partial charge in [-0.25, -0.2) is 4.79 Å². The van der Waals surface area contributed by atoms with Crippen LogP contribution in [-0.4, -0.2) is 13.1 Å². The number of anilines is 1. The third kappa shape index (κ3) is 3.07. The number of hydrogen-bond donors (Lipinski definition) is 1. The van der Waals surface area contributed by atoms with Gasteiger partial charge in [0.05, 0.1) is 7.11 Å². The number of benzene rings is 2. The standard InChI is InChI=1S/C18H21NO2/c1-4-18(17(20)21-3,15-8-6-5-7-9-15)19-16-12-10-14(2)11-13-16/h5-13,19H,4H2,1-3H3. The van der Waals surface area contributed by atoms with E-state index in [-0.39, 0.29) is 5.97 Å². The zero-order valence-electron chi connectivity index (χ0n) is 12.7. The van der Waals surface area contributed by atoms with Gasteiger partial charge in [0.25, 0.3) is 0 Å². The van der Waals surface area contributed by atoms with Gasteiger partial charge in [0, 0.05) is 5.69 Å². The van der Waals surface area contributed by atoms with Crippen molar-refractivity contribution < 1.29 is 9.53 Å². The monoisotopic (exact) mass is 283 g/mol. The van der Waals surface area contributed by atoms with Crippen LogP contribution >= 0.6 is 0 Å². The number of methoxy groups -OCH3 is 1. The number of esters is 1. The molecule has 0 heterocycles. The highest BCUT2D eigenvalue weighted by molar-refractivity contribution is 5.86. The summed E-state index contributed by atoms with van der Waals surface area (Å²) in [6.07, 6.45) is 0.595. The number of carbonyl (C=O) groups is 1. The van der Waals surface area contributed by atoms with Gasteiger partial charge in [-0.1, -0.05) is 55.0 Å². The van der Waals surface area contributed by atoms with Crippen LogP contribution in [0.25, 0.3) is 0 Å². The van der Waals surface area contributed by atoms with Crippen LogP contribution in [0.3, 0.4) is 0 Å². The number of nitrogens with one attached hydrogen (secondary N) is 1. The molecular weight excluding hydrogens is 262 g/mol. The lowest BCUT2D eigenvalue weighted by Crippen LogP contribution is -2.43. The maximum Gasteiger partial charge on any atom is 0.336 e. The van der Waals surface area contributed by atoms with Crippen molar-refractivity contribution in [3.05, 3.63) is 65.7 Å². The Hall–Kier alpha value is -2.29. The Bertz CT molecular complexity index is 592. The molecule has 1 unspecified atom stereocenters. The van der Waals surface area contributed by atoms with Crippen LogP contribution in [0.5, 0.6) is 0 Å². The van der Waals surface area contributed by atoms with Gasteiger partial charge in [0.15, 0.2) is 5.54 Å². The topological polar surface area (TPSA) is 38.3 Å². The van der Waals surface area contributed by atoms with Gasteiger partial charge < -0.3 is 10.1 Å². The first kappa shape index (κ1) is 15.1. The van der Waals surface area contributed by atoms with Crippen molar-refractivity contribution in [2.24, 2.45) is 0 Å². The summed E-state index contributed by atoms with van der Waals surface area (Å²) in [7, 11) is 1.42. The molecule has 110 valence electrons. The van der Waals surface area contributed by atoms with E-state index in [1.165, 1.54) is 12.7 Å². The summed E-state index contributed by atoms with van der Waals surface area (Å²) in [6.45, 7) is 4.01. The van der Waals surface area contributed by atoms with E-state index in [9.17, 15) is 4.79 Å². The predicted octanol–water partition coefficient (Wildman–Crippen LogP) is 3.89. The second-order valence-electron chi connectivity index (χ2n) is 5.11. The first-order valence-electron chi connectivity index (χ1n) is 7.11. The first-order valence-corrected chi connectivity index (χ1v) is 7.11. The molecule has 2 aromatic carbocycles. The van der Waals surface area contributed by atoms with E-state index in [1.54, 1.807) is 0 Å². The molecule has 1 N–H and O–H groups in total. The lowest BCUT2D eigenvalue weighted by atomic mass is 9.86. The zero-order valence-corrected chi connectivity index (χ0v) is 12.7. The number of hydrogen-bond acceptors (Lipinski definition) is 3. The third-order valence-electron chi connectivity index (χ3n) is 3.74. The highest BCUT2D eigenvalue weighted by atomic mass is 16.5. The van der Waals surface area contributed by atoms with E-state index >= 15 is 0 Å². The van der Waals surface area contributed by atoms with Gasteiger partial charge in [-0.3, -0.25) is 0 Å². The minimum absolute atomic E-state index is 0.281. The van der Waals surface area contributed by atoms with Crippen LogP contribution in [0.2, 0.25) is 0 Å². The SMILES string of the molecule is CCC(Nc1ccc(C)cc1)(C(=O)OC)c1ccccc1. The smallest absolute Gasteiger partial charge is 0.336 e. The van der Waals surface area contributed by atoms with Crippen LogP contribution in [0.4, 0.5) is 5.69 Å². The van der Waals surface area contributed by atoms with Crippen molar-refractivity contribution in [3.8, 4) is 0 Å². The highest BCUT2D eigenvalue weighted by Crippen LogP contribution is 2.31. The summed E-state index contributed by atoms with van der Waals surface area (Å²) >= 11 is 0. The van der Waals surface area contributed by atoms with Crippen molar-refractivity contribution in [1.82, 2.24) is 0 Å². The molecule has 0 aliphatic heterocycles.